The number of amides is 1. The van der Waals surface area contributed by atoms with Gasteiger partial charge >= 0.3 is 0 Å². The van der Waals surface area contributed by atoms with Crippen LogP contribution >= 0.6 is 12.4 Å². The van der Waals surface area contributed by atoms with Crippen molar-refractivity contribution in [3.63, 3.8) is 0 Å². The van der Waals surface area contributed by atoms with Crippen LogP contribution in [-0.2, 0) is 6.42 Å². The van der Waals surface area contributed by atoms with Gasteiger partial charge in [-0.3, -0.25) is 9.89 Å². The summed E-state index contributed by atoms with van der Waals surface area (Å²) < 4.78 is 0. The summed E-state index contributed by atoms with van der Waals surface area (Å²) in [4.78, 5) is 14.2. The molecule has 1 aromatic heterocycles. The minimum atomic E-state index is -0.0300. The zero-order valence-corrected chi connectivity index (χ0v) is 12.6. The first-order valence-electron chi connectivity index (χ1n) is 6.53. The fourth-order valence-electron chi connectivity index (χ4n) is 2.36. The van der Waals surface area contributed by atoms with Gasteiger partial charge in [0.05, 0.1) is 0 Å². The third-order valence-electron chi connectivity index (χ3n) is 3.83. The maximum atomic E-state index is 12.3. The molecule has 0 radical (unpaired) electrons. The van der Waals surface area contributed by atoms with E-state index in [0.717, 1.165) is 25.1 Å². The summed E-state index contributed by atoms with van der Waals surface area (Å²) >= 11 is 0. The van der Waals surface area contributed by atoms with Crippen LogP contribution in [0.1, 0.15) is 43.4 Å². The number of likely N-dealkylation sites (tertiary alicyclic amines) is 1. The normalized spacial score (nSPS) is 21.9. The molecule has 108 valence electrons. The second-order valence-electron chi connectivity index (χ2n) is 5.74. The van der Waals surface area contributed by atoms with Gasteiger partial charge < -0.3 is 10.6 Å². The number of hydrogen-bond donors (Lipinski definition) is 2. The summed E-state index contributed by atoms with van der Waals surface area (Å²) in [5, 5.41) is 6.96. The molecule has 1 amide bonds. The summed E-state index contributed by atoms with van der Waals surface area (Å²) in [6, 6.07) is 2.00. The Bertz CT molecular complexity index is 444. The molecule has 0 aliphatic carbocycles. The van der Waals surface area contributed by atoms with Crippen molar-refractivity contribution in [1.29, 1.82) is 0 Å². The SMILES string of the molecule is CCc1cc(C(=O)N2CCC(N)C(C)(C)C2)n[nH]1.Cl. The van der Waals surface area contributed by atoms with E-state index >= 15 is 0 Å². The van der Waals surface area contributed by atoms with Crippen molar-refractivity contribution in [1.82, 2.24) is 15.1 Å². The molecule has 1 atom stereocenters. The molecule has 1 saturated heterocycles. The molecule has 0 bridgehead atoms. The van der Waals surface area contributed by atoms with Crippen LogP contribution in [0.5, 0.6) is 0 Å². The van der Waals surface area contributed by atoms with Crippen molar-refractivity contribution in [3.05, 3.63) is 17.5 Å². The second-order valence-corrected chi connectivity index (χ2v) is 5.74. The lowest BCUT2D eigenvalue weighted by Crippen LogP contribution is -2.54. The van der Waals surface area contributed by atoms with E-state index in [2.05, 4.69) is 24.0 Å². The van der Waals surface area contributed by atoms with Crippen LogP contribution in [-0.4, -0.2) is 40.1 Å². The Labute approximate surface area is 120 Å². The summed E-state index contributed by atoms with van der Waals surface area (Å²) in [5.74, 6) is 0.00549. The molecular formula is C13H23ClN4O. The average molecular weight is 287 g/mol. The second kappa shape index (κ2) is 5.92. The Kier molecular flexibility index (Phi) is 4.98. The number of carbonyl (C=O) groups excluding carboxylic acids is 1. The van der Waals surface area contributed by atoms with Gasteiger partial charge in [-0.05, 0) is 24.3 Å². The summed E-state index contributed by atoms with van der Waals surface area (Å²) in [5.41, 5.74) is 7.55. The number of halogens is 1. The standard InChI is InChI=1S/C13H22N4O.ClH/c1-4-9-7-10(16-15-9)12(18)17-6-5-11(14)13(2,3)8-17;/h7,11H,4-6,8,14H2,1-3H3,(H,15,16);1H. The number of aromatic amines is 1. The third-order valence-corrected chi connectivity index (χ3v) is 3.83. The Morgan fingerprint density at radius 1 is 1.63 bits per heavy atom. The average Bonchev–Trinajstić information content (AvgIpc) is 2.80. The predicted octanol–water partition coefficient (Wildman–Crippen LogP) is 1.59. The van der Waals surface area contributed by atoms with E-state index in [4.69, 9.17) is 5.73 Å². The zero-order valence-electron chi connectivity index (χ0n) is 11.8. The zero-order chi connectivity index (χ0) is 13.3. The summed E-state index contributed by atoms with van der Waals surface area (Å²) in [6.07, 6.45) is 1.71. The number of H-pyrrole nitrogens is 1. The molecule has 2 heterocycles. The molecule has 1 fully saturated rings. The Hall–Kier alpha value is -1.07. The van der Waals surface area contributed by atoms with Crippen molar-refractivity contribution in [3.8, 4) is 0 Å². The van der Waals surface area contributed by atoms with Gasteiger partial charge in [0.1, 0.15) is 5.69 Å². The fraction of sp³-hybridized carbons (Fsp3) is 0.692. The van der Waals surface area contributed by atoms with Crippen molar-refractivity contribution in [2.45, 2.75) is 39.7 Å². The number of hydrogen-bond acceptors (Lipinski definition) is 3. The van der Waals surface area contributed by atoms with Gasteiger partial charge in [0.2, 0.25) is 0 Å². The summed E-state index contributed by atoms with van der Waals surface area (Å²) in [6.45, 7) is 7.67. The number of rotatable bonds is 2. The van der Waals surface area contributed by atoms with Gasteiger partial charge in [-0.25, -0.2) is 0 Å². The number of carbonyl (C=O) groups is 1. The van der Waals surface area contributed by atoms with Gasteiger partial charge in [-0.2, -0.15) is 5.10 Å². The highest BCUT2D eigenvalue weighted by Gasteiger charge is 2.36. The molecule has 6 heteroatoms. The molecule has 5 nitrogen and oxygen atoms in total. The molecule has 1 aliphatic heterocycles. The molecule has 1 unspecified atom stereocenters. The first kappa shape index (κ1) is 16.0. The highest BCUT2D eigenvalue weighted by molar-refractivity contribution is 5.92. The maximum absolute atomic E-state index is 12.3. The van der Waals surface area contributed by atoms with Gasteiger partial charge in [0, 0.05) is 24.8 Å². The largest absolute Gasteiger partial charge is 0.337 e. The molecule has 0 saturated carbocycles. The highest BCUT2D eigenvalue weighted by Crippen LogP contribution is 2.28. The predicted molar refractivity (Wildman–Crippen MR) is 77.5 cm³/mol. The van der Waals surface area contributed by atoms with Crippen molar-refractivity contribution < 1.29 is 4.79 Å². The highest BCUT2D eigenvalue weighted by atomic mass is 35.5. The number of aryl methyl sites for hydroxylation is 1. The Morgan fingerprint density at radius 2 is 2.32 bits per heavy atom. The first-order valence-corrected chi connectivity index (χ1v) is 6.53. The van der Waals surface area contributed by atoms with E-state index in [1.54, 1.807) is 0 Å². The first-order chi connectivity index (χ1) is 8.44. The molecule has 0 spiro atoms. The lowest BCUT2D eigenvalue weighted by atomic mass is 9.79. The van der Waals surface area contributed by atoms with Gasteiger partial charge in [-0.15, -0.1) is 12.4 Å². The molecular weight excluding hydrogens is 264 g/mol. The number of aromatic nitrogens is 2. The lowest BCUT2D eigenvalue weighted by molar-refractivity contribution is 0.0527. The number of nitrogens with zero attached hydrogens (tertiary/aromatic N) is 2. The maximum Gasteiger partial charge on any atom is 0.274 e. The summed E-state index contributed by atoms with van der Waals surface area (Å²) in [7, 11) is 0. The van der Waals surface area contributed by atoms with Crippen molar-refractivity contribution in [2.24, 2.45) is 11.1 Å². The molecule has 1 aromatic rings. The van der Waals surface area contributed by atoms with E-state index < -0.39 is 0 Å². The topological polar surface area (TPSA) is 75.0 Å². The molecule has 2 rings (SSSR count). The number of nitrogens with two attached hydrogens (primary N) is 1. The van der Waals surface area contributed by atoms with Crippen LogP contribution in [0.4, 0.5) is 0 Å². The van der Waals surface area contributed by atoms with Crippen LogP contribution in [0.15, 0.2) is 6.07 Å². The minimum absolute atomic E-state index is 0. The van der Waals surface area contributed by atoms with Crippen LogP contribution < -0.4 is 5.73 Å². The smallest absolute Gasteiger partial charge is 0.274 e. The van der Waals surface area contributed by atoms with Crippen LogP contribution in [0.2, 0.25) is 0 Å². The fourth-order valence-corrected chi connectivity index (χ4v) is 2.36. The van der Waals surface area contributed by atoms with Gasteiger partial charge in [0.15, 0.2) is 0 Å². The van der Waals surface area contributed by atoms with E-state index in [9.17, 15) is 4.79 Å². The third kappa shape index (κ3) is 3.28. The van der Waals surface area contributed by atoms with E-state index in [-0.39, 0.29) is 29.8 Å². The van der Waals surface area contributed by atoms with E-state index in [1.807, 2.05) is 17.9 Å². The van der Waals surface area contributed by atoms with Gasteiger partial charge in [0.25, 0.3) is 5.91 Å². The van der Waals surface area contributed by atoms with Gasteiger partial charge in [-0.1, -0.05) is 20.8 Å². The molecule has 3 N–H and O–H groups in total. The quantitative estimate of drug-likeness (QED) is 0.867. The lowest BCUT2D eigenvalue weighted by Gasteiger charge is -2.42. The van der Waals surface area contributed by atoms with Crippen LogP contribution in [0.3, 0.4) is 0 Å². The number of piperidine rings is 1. The van der Waals surface area contributed by atoms with Crippen LogP contribution in [0.25, 0.3) is 0 Å². The molecule has 19 heavy (non-hydrogen) atoms. The van der Waals surface area contributed by atoms with E-state index in [0.29, 0.717) is 12.2 Å². The number of nitrogens with one attached hydrogen (secondary N) is 1. The monoisotopic (exact) mass is 286 g/mol. The van der Waals surface area contributed by atoms with Crippen molar-refractivity contribution in [2.75, 3.05) is 13.1 Å². The van der Waals surface area contributed by atoms with Crippen molar-refractivity contribution >= 4 is 18.3 Å². The van der Waals surface area contributed by atoms with E-state index in [1.165, 1.54) is 0 Å². The van der Waals surface area contributed by atoms with Crippen LogP contribution in [0, 0.1) is 5.41 Å². The molecule has 1 aliphatic rings. The Morgan fingerprint density at radius 3 is 2.84 bits per heavy atom. The minimum Gasteiger partial charge on any atom is -0.337 e. The molecule has 0 aromatic carbocycles. The Balaban J connectivity index is 0.00000180.